The average molecular weight is 453 g/mol. The lowest BCUT2D eigenvalue weighted by Crippen LogP contribution is -2.51. The van der Waals surface area contributed by atoms with Gasteiger partial charge in [0.05, 0.1) is 0 Å². The molecule has 172 valence electrons. The molecule has 3 aromatic carbocycles. The quantitative estimate of drug-likeness (QED) is 0.504. The van der Waals surface area contributed by atoms with Gasteiger partial charge in [-0.15, -0.1) is 0 Å². The molecule has 0 radical (unpaired) electrons. The zero-order valence-electron chi connectivity index (χ0n) is 18.3. The second-order valence-corrected chi connectivity index (χ2v) is 7.47. The van der Waals surface area contributed by atoms with Gasteiger partial charge < -0.3 is 15.0 Å². The lowest BCUT2D eigenvalue weighted by Gasteiger charge is -2.31. The number of carbonyl (C=O) groups is 2. The number of carbonyl (C=O) groups excluding carboxylic acids is 2. The van der Waals surface area contributed by atoms with Crippen LogP contribution in [0.25, 0.3) is 0 Å². The number of rotatable bonds is 10. The maximum absolute atomic E-state index is 14.0. The molecule has 33 heavy (non-hydrogen) atoms. The number of hydrogen-bond donors (Lipinski definition) is 1. The number of amides is 2. The molecule has 2 amide bonds. The van der Waals surface area contributed by atoms with E-state index < -0.39 is 30.2 Å². The summed E-state index contributed by atoms with van der Waals surface area (Å²) in [5.74, 6) is -1.84. The van der Waals surface area contributed by atoms with E-state index in [2.05, 4.69) is 5.32 Å². The van der Waals surface area contributed by atoms with E-state index in [4.69, 9.17) is 4.74 Å². The summed E-state index contributed by atoms with van der Waals surface area (Å²) < 4.78 is 32.8. The fourth-order valence-corrected chi connectivity index (χ4v) is 3.42. The van der Waals surface area contributed by atoms with Crippen LogP contribution in [0.2, 0.25) is 0 Å². The van der Waals surface area contributed by atoms with Crippen LogP contribution in [0.1, 0.15) is 18.1 Å². The lowest BCUT2D eigenvalue weighted by molar-refractivity contribution is -0.142. The van der Waals surface area contributed by atoms with Crippen LogP contribution < -0.4 is 10.1 Å². The highest BCUT2D eigenvalue weighted by molar-refractivity contribution is 5.88. The summed E-state index contributed by atoms with van der Waals surface area (Å²) in [5.41, 5.74) is 1.53. The Hall–Kier alpha value is -3.74. The summed E-state index contributed by atoms with van der Waals surface area (Å²) in [6.07, 6.45) is 0.277. The molecule has 0 aliphatic heterocycles. The van der Waals surface area contributed by atoms with E-state index in [-0.39, 0.29) is 24.6 Å². The van der Waals surface area contributed by atoms with Gasteiger partial charge in [0, 0.05) is 19.5 Å². The molecule has 0 saturated heterocycles. The van der Waals surface area contributed by atoms with Crippen molar-refractivity contribution in [3.63, 3.8) is 0 Å². The van der Waals surface area contributed by atoms with Gasteiger partial charge in [-0.3, -0.25) is 9.59 Å². The number of hydrogen-bond acceptors (Lipinski definition) is 3. The van der Waals surface area contributed by atoms with Crippen molar-refractivity contribution in [1.82, 2.24) is 10.2 Å². The van der Waals surface area contributed by atoms with Gasteiger partial charge in [0.25, 0.3) is 5.91 Å². The minimum atomic E-state index is -0.839. The van der Waals surface area contributed by atoms with E-state index in [1.54, 1.807) is 25.1 Å². The molecule has 0 aliphatic rings. The number of nitrogens with zero attached hydrogens (tertiary/aromatic N) is 1. The van der Waals surface area contributed by atoms with Gasteiger partial charge in [-0.25, -0.2) is 8.78 Å². The van der Waals surface area contributed by atoms with Crippen molar-refractivity contribution < 1.29 is 23.1 Å². The number of benzene rings is 3. The average Bonchev–Trinajstić information content (AvgIpc) is 2.82. The van der Waals surface area contributed by atoms with E-state index in [0.717, 1.165) is 5.56 Å². The first-order chi connectivity index (χ1) is 16.0. The molecule has 1 unspecified atom stereocenters. The van der Waals surface area contributed by atoms with Crippen molar-refractivity contribution in [2.45, 2.75) is 25.9 Å². The predicted octanol–water partition coefficient (Wildman–Crippen LogP) is 4.12. The molecule has 0 bridgehead atoms. The second-order valence-electron chi connectivity index (χ2n) is 7.47. The van der Waals surface area contributed by atoms with Crippen LogP contribution in [-0.2, 0) is 22.6 Å². The van der Waals surface area contributed by atoms with Gasteiger partial charge in [-0.2, -0.15) is 0 Å². The summed E-state index contributed by atoms with van der Waals surface area (Å²) in [4.78, 5) is 27.7. The fourth-order valence-electron chi connectivity index (χ4n) is 3.42. The van der Waals surface area contributed by atoms with Gasteiger partial charge in [0.2, 0.25) is 5.91 Å². The maximum atomic E-state index is 14.0. The Kier molecular flexibility index (Phi) is 8.52. The molecule has 0 fully saturated rings. The first kappa shape index (κ1) is 23.9. The first-order valence-corrected chi connectivity index (χ1v) is 10.7. The van der Waals surface area contributed by atoms with E-state index in [1.165, 1.54) is 35.2 Å². The highest BCUT2D eigenvalue weighted by Crippen LogP contribution is 2.18. The van der Waals surface area contributed by atoms with Crippen LogP contribution in [-0.4, -0.2) is 35.9 Å². The van der Waals surface area contributed by atoms with Crippen molar-refractivity contribution in [3.05, 3.63) is 102 Å². The first-order valence-electron chi connectivity index (χ1n) is 10.7. The van der Waals surface area contributed by atoms with Crippen molar-refractivity contribution >= 4 is 11.8 Å². The van der Waals surface area contributed by atoms with E-state index in [0.29, 0.717) is 12.1 Å². The summed E-state index contributed by atoms with van der Waals surface area (Å²) in [6.45, 7) is 1.81. The molecule has 3 aromatic rings. The molecule has 1 atom stereocenters. The smallest absolute Gasteiger partial charge is 0.261 e. The SMILES string of the molecule is CCNC(=O)C(Cc1ccccc1)N(Cc1ccc(F)cc1)C(=O)COc1ccccc1F. The van der Waals surface area contributed by atoms with Gasteiger partial charge in [0.15, 0.2) is 18.2 Å². The molecule has 0 saturated carbocycles. The van der Waals surface area contributed by atoms with Crippen molar-refractivity contribution in [1.29, 1.82) is 0 Å². The normalized spacial score (nSPS) is 11.5. The van der Waals surface area contributed by atoms with Gasteiger partial charge in [-0.1, -0.05) is 54.6 Å². The molecule has 7 heteroatoms. The summed E-state index contributed by atoms with van der Waals surface area (Å²) in [5, 5.41) is 2.79. The summed E-state index contributed by atoms with van der Waals surface area (Å²) >= 11 is 0. The van der Waals surface area contributed by atoms with Crippen molar-refractivity contribution in [3.8, 4) is 5.75 Å². The van der Waals surface area contributed by atoms with Gasteiger partial charge in [0.1, 0.15) is 11.9 Å². The minimum Gasteiger partial charge on any atom is -0.481 e. The molecule has 3 rings (SSSR count). The zero-order valence-corrected chi connectivity index (χ0v) is 18.3. The fraction of sp³-hybridized carbons (Fsp3) is 0.231. The molecule has 0 aromatic heterocycles. The Labute approximate surface area is 192 Å². The van der Waals surface area contributed by atoms with Crippen LogP contribution in [0.4, 0.5) is 8.78 Å². The molecule has 5 nitrogen and oxygen atoms in total. The topological polar surface area (TPSA) is 58.6 Å². The van der Waals surface area contributed by atoms with Crippen LogP contribution in [0.5, 0.6) is 5.75 Å². The number of likely N-dealkylation sites (N-methyl/N-ethyl adjacent to an activating group) is 1. The Balaban J connectivity index is 1.89. The molecular weight excluding hydrogens is 426 g/mol. The van der Waals surface area contributed by atoms with E-state index in [1.807, 2.05) is 30.3 Å². The van der Waals surface area contributed by atoms with Gasteiger partial charge >= 0.3 is 0 Å². The Morgan fingerprint density at radius 1 is 0.909 bits per heavy atom. The third-order valence-corrected chi connectivity index (χ3v) is 5.08. The van der Waals surface area contributed by atoms with Crippen LogP contribution >= 0.6 is 0 Å². The standard InChI is InChI=1S/C26H26F2N2O3/c1-2-29-26(32)23(16-19-8-4-3-5-9-19)30(17-20-12-14-21(27)15-13-20)25(31)18-33-24-11-7-6-10-22(24)28/h3-15,23H,2,16-18H2,1H3,(H,29,32). The zero-order chi connectivity index (χ0) is 23.6. The third kappa shape index (κ3) is 6.87. The van der Waals surface area contributed by atoms with Crippen molar-refractivity contribution in [2.75, 3.05) is 13.2 Å². The third-order valence-electron chi connectivity index (χ3n) is 5.08. The predicted molar refractivity (Wildman–Crippen MR) is 121 cm³/mol. The summed E-state index contributed by atoms with van der Waals surface area (Å²) in [6, 6.07) is 20.0. The van der Waals surface area contributed by atoms with Crippen LogP contribution in [0.15, 0.2) is 78.9 Å². The number of ether oxygens (including phenoxy) is 1. The number of para-hydroxylation sites is 1. The Bertz CT molecular complexity index is 1060. The number of halogens is 2. The molecule has 1 N–H and O–H groups in total. The molecule has 0 heterocycles. The highest BCUT2D eigenvalue weighted by atomic mass is 19.1. The molecule has 0 aliphatic carbocycles. The van der Waals surface area contributed by atoms with Crippen molar-refractivity contribution in [2.24, 2.45) is 0 Å². The largest absolute Gasteiger partial charge is 0.481 e. The van der Waals surface area contributed by atoms with E-state index in [9.17, 15) is 18.4 Å². The number of nitrogens with one attached hydrogen (secondary N) is 1. The van der Waals surface area contributed by atoms with Gasteiger partial charge in [-0.05, 0) is 42.3 Å². The van der Waals surface area contributed by atoms with Crippen LogP contribution in [0.3, 0.4) is 0 Å². The highest BCUT2D eigenvalue weighted by Gasteiger charge is 2.30. The second kappa shape index (κ2) is 11.8. The lowest BCUT2D eigenvalue weighted by atomic mass is 10.0. The maximum Gasteiger partial charge on any atom is 0.261 e. The summed E-state index contributed by atoms with van der Waals surface area (Å²) in [7, 11) is 0. The molecular formula is C26H26F2N2O3. The monoisotopic (exact) mass is 452 g/mol. The van der Waals surface area contributed by atoms with E-state index >= 15 is 0 Å². The Morgan fingerprint density at radius 2 is 1.58 bits per heavy atom. The Morgan fingerprint density at radius 3 is 2.24 bits per heavy atom. The molecule has 0 spiro atoms. The van der Waals surface area contributed by atoms with Crippen LogP contribution in [0, 0.1) is 11.6 Å². The minimum absolute atomic E-state index is 0.0507.